The van der Waals surface area contributed by atoms with E-state index in [1.54, 1.807) is 16.9 Å². The predicted molar refractivity (Wildman–Crippen MR) is 50.6 cm³/mol. The molecule has 2 heterocycles. The molecule has 0 atom stereocenters. The lowest BCUT2D eigenvalue weighted by Gasteiger charge is -1.92. The van der Waals surface area contributed by atoms with E-state index < -0.39 is 0 Å². The summed E-state index contributed by atoms with van der Waals surface area (Å²) in [7, 11) is 0. The molecule has 0 fully saturated rings. The third-order valence-corrected chi connectivity index (χ3v) is 1.96. The Morgan fingerprint density at radius 2 is 2.43 bits per heavy atom. The second kappa shape index (κ2) is 3.10. The number of amides is 1. The number of imidazole rings is 1. The van der Waals surface area contributed by atoms with Gasteiger partial charge in [-0.1, -0.05) is 0 Å². The van der Waals surface area contributed by atoms with E-state index in [1.165, 1.54) is 0 Å². The van der Waals surface area contributed by atoms with Crippen molar-refractivity contribution in [3.05, 3.63) is 29.7 Å². The van der Waals surface area contributed by atoms with Crippen molar-refractivity contribution in [3.63, 3.8) is 0 Å². The zero-order valence-corrected chi connectivity index (χ0v) is 7.77. The van der Waals surface area contributed by atoms with E-state index in [1.807, 2.05) is 13.0 Å². The largest absolute Gasteiger partial charge is 0.369 e. The highest BCUT2D eigenvalue weighted by atomic mass is 16.1. The molecule has 2 aromatic heterocycles. The number of carbonyl (C=O) groups is 1. The summed E-state index contributed by atoms with van der Waals surface area (Å²) in [4.78, 5) is 14.9. The molecule has 14 heavy (non-hydrogen) atoms. The van der Waals surface area contributed by atoms with Crippen LogP contribution in [0.5, 0.6) is 0 Å². The fourth-order valence-corrected chi connectivity index (χ4v) is 1.33. The van der Waals surface area contributed by atoms with E-state index >= 15 is 0 Å². The highest BCUT2D eigenvalue weighted by Gasteiger charge is 2.06. The first-order valence-corrected chi connectivity index (χ1v) is 4.25. The first-order valence-electron chi connectivity index (χ1n) is 4.25. The van der Waals surface area contributed by atoms with Gasteiger partial charge in [-0.3, -0.25) is 4.79 Å². The molecule has 0 aliphatic rings. The van der Waals surface area contributed by atoms with Crippen molar-refractivity contribution in [1.82, 2.24) is 14.6 Å². The molecule has 1 amide bonds. The van der Waals surface area contributed by atoms with Crippen LogP contribution in [0.3, 0.4) is 0 Å². The van der Waals surface area contributed by atoms with Gasteiger partial charge in [-0.15, -0.1) is 0 Å². The van der Waals surface area contributed by atoms with Crippen molar-refractivity contribution in [2.24, 2.45) is 5.73 Å². The number of carbonyl (C=O) groups excluding carboxylic acids is 1. The van der Waals surface area contributed by atoms with Gasteiger partial charge in [0.1, 0.15) is 0 Å². The quantitative estimate of drug-likeness (QED) is 0.728. The molecule has 2 N–H and O–H groups in total. The van der Waals surface area contributed by atoms with Crippen molar-refractivity contribution in [2.75, 3.05) is 0 Å². The summed E-state index contributed by atoms with van der Waals surface area (Å²) in [6, 6.07) is 1.87. The maximum atomic E-state index is 10.7. The van der Waals surface area contributed by atoms with Gasteiger partial charge in [0.05, 0.1) is 18.3 Å². The minimum atomic E-state index is -0.383. The zero-order chi connectivity index (χ0) is 10.1. The molecular formula is C9H10N4O. The minimum Gasteiger partial charge on any atom is -0.369 e. The number of primary amides is 1. The summed E-state index contributed by atoms with van der Waals surface area (Å²) in [5.74, 6) is -0.383. The molecule has 5 heteroatoms. The van der Waals surface area contributed by atoms with Crippen molar-refractivity contribution in [2.45, 2.75) is 13.3 Å². The van der Waals surface area contributed by atoms with Crippen LogP contribution >= 0.6 is 0 Å². The highest BCUT2D eigenvalue weighted by molar-refractivity contribution is 5.76. The fraction of sp³-hybridized carbons (Fsp3) is 0.222. The Balaban J connectivity index is 2.51. The molecule has 0 bridgehead atoms. The van der Waals surface area contributed by atoms with E-state index in [0.29, 0.717) is 5.69 Å². The number of hydrogen-bond acceptors (Lipinski definition) is 3. The molecule has 2 aromatic rings. The van der Waals surface area contributed by atoms with Gasteiger partial charge in [-0.05, 0) is 18.6 Å². The Bertz CT molecular complexity index is 489. The molecule has 0 radical (unpaired) electrons. The Hall–Kier alpha value is -1.91. The van der Waals surface area contributed by atoms with Gasteiger partial charge in [0, 0.05) is 6.20 Å². The summed E-state index contributed by atoms with van der Waals surface area (Å²) in [6.45, 7) is 1.94. The number of aryl methyl sites for hydroxylation is 1. The standard InChI is InChI=1S/C9H10N4O/c1-6-2-3-11-13-5-7(4-8(10)14)12-9(6)13/h2-3,5H,4H2,1H3,(H2,10,14). The lowest BCUT2D eigenvalue weighted by molar-refractivity contribution is -0.117. The SMILES string of the molecule is Cc1ccnn2cc(CC(N)=O)nc12. The van der Waals surface area contributed by atoms with Crippen LogP contribution in [0.4, 0.5) is 0 Å². The number of hydrogen-bond donors (Lipinski definition) is 1. The second-order valence-electron chi connectivity index (χ2n) is 3.16. The van der Waals surface area contributed by atoms with Crippen LogP contribution in [-0.2, 0) is 11.2 Å². The maximum Gasteiger partial charge on any atom is 0.223 e. The average Bonchev–Trinajstić information content (AvgIpc) is 2.47. The van der Waals surface area contributed by atoms with E-state index in [4.69, 9.17) is 5.73 Å². The molecule has 0 aliphatic heterocycles. The van der Waals surface area contributed by atoms with E-state index in [9.17, 15) is 4.79 Å². The molecular weight excluding hydrogens is 180 g/mol. The van der Waals surface area contributed by atoms with Gasteiger partial charge in [-0.2, -0.15) is 5.10 Å². The lowest BCUT2D eigenvalue weighted by Crippen LogP contribution is -2.13. The molecule has 0 saturated heterocycles. The summed E-state index contributed by atoms with van der Waals surface area (Å²) >= 11 is 0. The van der Waals surface area contributed by atoms with Crippen LogP contribution < -0.4 is 5.73 Å². The lowest BCUT2D eigenvalue weighted by atomic mass is 10.3. The number of rotatable bonds is 2. The van der Waals surface area contributed by atoms with Crippen molar-refractivity contribution >= 4 is 11.6 Å². The Kier molecular flexibility index (Phi) is 1.92. The van der Waals surface area contributed by atoms with Crippen LogP contribution in [-0.4, -0.2) is 20.5 Å². The molecule has 0 spiro atoms. The second-order valence-corrected chi connectivity index (χ2v) is 3.16. The third kappa shape index (κ3) is 1.44. The average molecular weight is 190 g/mol. The van der Waals surface area contributed by atoms with Crippen molar-refractivity contribution in [1.29, 1.82) is 0 Å². The van der Waals surface area contributed by atoms with E-state index in [0.717, 1.165) is 11.2 Å². The van der Waals surface area contributed by atoms with Crippen molar-refractivity contribution < 1.29 is 4.79 Å². The fourth-order valence-electron chi connectivity index (χ4n) is 1.33. The Labute approximate surface area is 80.6 Å². The Morgan fingerprint density at radius 3 is 3.07 bits per heavy atom. The van der Waals surface area contributed by atoms with Gasteiger partial charge >= 0.3 is 0 Å². The first kappa shape index (κ1) is 8.68. The van der Waals surface area contributed by atoms with Crippen LogP contribution in [0.2, 0.25) is 0 Å². The first-order chi connectivity index (χ1) is 6.66. The number of aromatic nitrogens is 3. The molecule has 0 saturated carbocycles. The topological polar surface area (TPSA) is 73.3 Å². The molecule has 5 nitrogen and oxygen atoms in total. The van der Waals surface area contributed by atoms with Crippen LogP contribution in [0.25, 0.3) is 5.65 Å². The summed E-state index contributed by atoms with van der Waals surface area (Å²) < 4.78 is 1.65. The van der Waals surface area contributed by atoms with Gasteiger partial charge in [0.25, 0.3) is 0 Å². The van der Waals surface area contributed by atoms with Gasteiger partial charge in [0.15, 0.2) is 5.65 Å². The van der Waals surface area contributed by atoms with Gasteiger partial charge in [-0.25, -0.2) is 9.50 Å². The highest BCUT2D eigenvalue weighted by Crippen LogP contribution is 2.07. The summed E-state index contributed by atoms with van der Waals surface area (Å²) in [5, 5.41) is 4.07. The molecule has 0 aliphatic carbocycles. The summed E-state index contributed by atoms with van der Waals surface area (Å²) in [6.07, 6.45) is 3.56. The molecule has 2 rings (SSSR count). The Morgan fingerprint density at radius 1 is 1.64 bits per heavy atom. The minimum absolute atomic E-state index is 0.156. The number of nitrogens with two attached hydrogens (primary N) is 1. The van der Waals surface area contributed by atoms with Crippen LogP contribution in [0.15, 0.2) is 18.5 Å². The van der Waals surface area contributed by atoms with Gasteiger partial charge in [0.2, 0.25) is 5.91 Å². The predicted octanol–water partition coefficient (Wildman–Crippen LogP) is 0.0655. The third-order valence-electron chi connectivity index (χ3n) is 1.96. The van der Waals surface area contributed by atoms with Gasteiger partial charge < -0.3 is 5.73 Å². The normalized spacial score (nSPS) is 10.6. The van der Waals surface area contributed by atoms with Crippen LogP contribution in [0, 0.1) is 6.92 Å². The number of fused-ring (bicyclic) bond motifs is 1. The monoisotopic (exact) mass is 190 g/mol. The van der Waals surface area contributed by atoms with E-state index in [2.05, 4.69) is 10.1 Å². The molecule has 0 unspecified atom stereocenters. The molecule has 0 aromatic carbocycles. The smallest absolute Gasteiger partial charge is 0.223 e. The molecule has 72 valence electrons. The van der Waals surface area contributed by atoms with E-state index in [-0.39, 0.29) is 12.3 Å². The maximum absolute atomic E-state index is 10.7. The van der Waals surface area contributed by atoms with Crippen LogP contribution in [0.1, 0.15) is 11.3 Å². The van der Waals surface area contributed by atoms with Crippen molar-refractivity contribution in [3.8, 4) is 0 Å². The summed E-state index contributed by atoms with van der Waals surface area (Å²) in [5.41, 5.74) is 7.52. The number of nitrogens with zero attached hydrogens (tertiary/aromatic N) is 3. The zero-order valence-electron chi connectivity index (χ0n) is 7.77.